The molecule has 1 aromatic carbocycles. The largest absolute Gasteiger partial charge is 0.416 e. The minimum Gasteiger partial charge on any atom is -0.329 e. The number of benzene rings is 1. The second-order valence-electron chi connectivity index (χ2n) is 7.42. The lowest BCUT2D eigenvalue weighted by Crippen LogP contribution is -2.49. The number of hydrogen-bond acceptors (Lipinski definition) is 3. The minimum absolute atomic E-state index is 0.162. The molecule has 0 spiro atoms. The Kier molecular flexibility index (Phi) is 4.76. The molecule has 0 radical (unpaired) electrons. The average molecular weight is 416 g/mol. The van der Waals surface area contributed by atoms with E-state index in [9.17, 15) is 22.8 Å². The van der Waals surface area contributed by atoms with Crippen LogP contribution in [0.5, 0.6) is 0 Å². The molecule has 0 aliphatic carbocycles. The summed E-state index contributed by atoms with van der Waals surface area (Å²) in [5, 5.41) is 0. The number of alkyl halides is 3. The summed E-state index contributed by atoms with van der Waals surface area (Å²) in [5.74, 6) is -0.334. The number of rotatable bonds is 3. The van der Waals surface area contributed by atoms with E-state index in [-0.39, 0.29) is 29.7 Å². The molecule has 3 heterocycles. The van der Waals surface area contributed by atoms with Crippen LogP contribution in [0.15, 0.2) is 53.7 Å². The van der Waals surface area contributed by atoms with Crippen molar-refractivity contribution < 1.29 is 18.0 Å². The summed E-state index contributed by atoms with van der Waals surface area (Å²) in [7, 11) is 0. The number of aromatic nitrogens is 3. The molecule has 2 aromatic heterocycles. The van der Waals surface area contributed by atoms with Crippen molar-refractivity contribution in [2.24, 2.45) is 0 Å². The number of pyridine rings is 1. The van der Waals surface area contributed by atoms with E-state index in [0.29, 0.717) is 17.8 Å². The van der Waals surface area contributed by atoms with Crippen molar-refractivity contribution in [3.05, 3.63) is 81.8 Å². The molecule has 1 aliphatic rings. The maximum Gasteiger partial charge on any atom is 0.416 e. The van der Waals surface area contributed by atoms with Gasteiger partial charge in [0.25, 0.3) is 11.5 Å². The van der Waals surface area contributed by atoms with E-state index in [2.05, 4.69) is 4.98 Å². The van der Waals surface area contributed by atoms with E-state index in [1.807, 2.05) is 13.8 Å². The van der Waals surface area contributed by atoms with Crippen LogP contribution in [-0.2, 0) is 19.3 Å². The Hall–Kier alpha value is -3.36. The lowest BCUT2D eigenvalue weighted by molar-refractivity contribution is -0.137. The molecule has 1 atom stereocenters. The van der Waals surface area contributed by atoms with Gasteiger partial charge in [-0.15, -0.1) is 0 Å². The van der Waals surface area contributed by atoms with Gasteiger partial charge in [-0.3, -0.25) is 9.59 Å². The van der Waals surface area contributed by atoms with Gasteiger partial charge in [0.05, 0.1) is 17.6 Å². The zero-order valence-electron chi connectivity index (χ0n) is 16.3. The summed E-state index contributed by atoms with van der Waals surface area (Å²) in [6.07, 6.45) is -1.13. The highest BCUT2D eigenvalue weighted by Gasteiger charge is 2.32. The second-order valence-corrected chi connectivity index (χ2v) is 7.42. The summed E-state index contributed by atoms with van der Waals surface area (Å²) < 4.78 is 41.3. The van der Waals surface area contributed by atoms with Crippen LogP contribution in [-0.4, -0.2) is 31.0 Å². The van der Waals surface area contributed by atoms with Gasteiger partial charge < -0.3 is 14.0 Å². The maximum atomic E-state index is 13.0. The summed E-state index contributed by atoms with van der Waals surface area (Å²) in [4.78, 5) is 31.7. The molecule has 0 fully saturated rings. The summed E-state index contributed by atoms with van der Waals surface area (Å²) in [6, 6.07) is 7.63. The topological polar surface area (TPSA) is 60.1 Å². The first-order chi connectivity index (χ1) is 14.1. The Morgan fingerprint density at radius 1 is 1.10 bits per heavy atom. The van der Waals surface area contributed by atoms with E-state index >= 15 is 0 Å². The van der Waals surface area contributed by atoms with Crippen LogP contribution in [0.1, 0.15) is 34.2 Å². The fourth-order valence-corrected chi connectivity index (χ4v) is 3.62. The minimum atomic E-state index is -4.40. The van der Waals surface area contributed by atoms with Gasteiger partial charge in [0, 0.05) is 25.3 Å². The van der Waals surface area contributed by atoms with Crippen LogP contribution < -0.4 is 5.56 Å². The monoisotopic (exact) mass is 416 g/mol. The number of nitrogens with zero attached hydrogens (tertiary/aromatic N) is 4. The lowest BCUT2D eigenvalue weighted by atomic mass is 10.1. The number of imidazole rings is 1. The van der Waals surface area contributed by atoms with Crippen molar-refractivity contribution in [1.29, 1.82) is 0 Å². The predicted octanol–water partition coefficient (Wildman–Crippen LogP) is 3.41. The molecule has 9 heteroatoms. The Labute approximate surface area is 170 Å². The number of amides is 1. The average Bonchev–Trinajstić information content (AvgIpc) is 3.12. The lowest BCUT2D eigenvalue weighted by Gasteiger charge is -2.35. The van der Waals surface area contributed by atoms with Crippen molar-refractivity contribution in [1.82, 2.24) is 19.0 Å². The SMILES string of the molecule is Cc1cn(-c2ccc3n(c2=O)C[C@@H](C)N(Cc2ccc(C(F)(F)F)cc2)C3=O)cn1. The van der Waals surface area contributed by atoms with Gasteiger partial charge >= 0.3 is 6.18 Å². The van der Waals surface area contributed by atoms with Gasteiger partial charge in [0.15, 0.2) is 0 Å². The third-order valence-electron chi connectivity index (χ3n) is 5.24. The van der Waals surface area contributed by atoms with Crippen LogP contribution in [0.3, 0.4) is 0 Å². The summed E-state index contributed by atoms with van der Waals surface area (Å²) in [5.41, 5.74) is 0.984. The van der Waals surface area contributed by atoms with Crippen molar-refractivity contribution in [3.63, 3.8) is 0 Å². The van der Waals surface area contributed by atoms with Gasteiger partial charge in [0.2, 0.25) is 0 Å². The normalized spacial score (nSPS) is 16.6. The molecule has 0 saturated carbocycles. The maximum absolute atomic E-state index is 13.0. The van der Waals surface area contributed by atoms with Gasteiger partial charge in [0.1, 0.15) is 11.4 Å². The van der Waals surface area contributed by atoms with E-state index in [4.69, 9.17) is 0 Å². The zero-order chi connectivity index (χ0) is 21.6. The fraction of sp³-hybridized carbons (Fsp3) is 0.286. The molecular weight excluding hydrogens is 397 g/mol. The molecule has 0 saturated heterocycles. The van der Waals surface area contributed by atoms with E-state index in [0.717, 1.165) is 17.8 Å². The molecule has 156 valence electrons. The Morgan fingerprint density at radius 3 is 2.40 bits per heavy atom. The molecule has 1 aliphatic heterocycles. The number of fused-ring (bicyclic) bond motifs is 1. The highest BCUT2D eigenvalue weighted by molar-refractivity contribution is 5.93. The standard InChI is InChI=1S/C21H19F3N4O2/c1-13-9-26(12-25-13)17-7-8-18-20(30)27(14(2)10-28(18)19(17)29)11-15-3-5-16(6-4-15)21(22,23)24/h3-9,12,14H,10-11H2,1-2H3/t14-/m1/s1. The van der Waals surface area contributed by atoms with Crippen LogP contribution in [0, 0.1) is 6.92 Å². The van der Waals surface area contributed by atoms with E-state index in [1.54, 1.807) is 34.1 Å². The Bertz CT molecular complexity index is 1160. The number of carbonyl (C=O) groups excluding carboxylic acids is 1. The molecule has 1 amide bonds. The molecule has 0 N–H and O–H groups in total. The van der Waals surface area contributed by atoms with Crippen LogP contribution in [0.25, 0.3) is 5.69 Å². The quantitative estimate of drug-likeness (QED) is 0.658. The Morgan fingerprint density at radius 2 is 1.80 bits per heavy atom. The molecule has 30 heavy (non-hydrogen) atoms. The number of carbonyl (C=O) groups is 1. The molecule has 0 unspecified atom stereocenters. The van der Waals surface area contributed by atoms with E-state index in [1.165, 1.54) is 16.7 Å². The molecule has 4 rings (SSSR count). The van der Waals surface area contributed by atoms with Crippen molar-refractivity contribution in [2.75, 3.05) is 0 Å². The summed E-state index contributed by atoms with van der Waals surface area (Å²) >= 11 is 0. The van der Waals surface area contributed by atoms with Crippen LogP contribution in [0.4, 0.5) is 13.2 Å². The molecule has 0 bridgehead atoms. The van der Waals surface area contributed by atoms with Crippen molar-refractivity contribution in [2.45, 2.75) is 39.2 Å². The smallest absolute Gasteiger partial charge is 0.329 e. The highest BCUT2D eigenvalue weighted by atomic mass is 19.4. The van der Waals surface area contributed by atoms with Crippen molar-refractivity contribution in [3.8, 4) is 5.69 Å². The van der Waals surface area contributed by atoms with Crippen molar-refractivity contribution >= 4 is 5.91 Å². The predicted molar refractivity (Wildman–Crippen MR) is 103 cm³/mol. The highest BCUT2D eigenvalue weighted by Crippen LogP contribution is 2.29. The third-order valence-corrected chi connectivity index (χ3v) is 5.24. The number of hydrogen-bond donors (Lipinski definition) is 0. The first-order valence-electron chi connectivity index (χ1n) is 9.37. The molecule has 6 nitrogen and oxygen atoms in total. The second kappa shape index (κ2) is 7.16. The molecule has 3 aromatic rings. The zero-order valence-corrected chi connectivity index (χ0v) is 16.3. The third kappa shape index (κ3) is 3.51. The van der Waals surface area contributed by atoms with Gasteiger partial charge in [-0.2, -0.15) is 13.2 Å². The molecular formula is C21H19F3N4O2. The van der Waals surface area contributed by atoms with Crippen LogP contribution in [0.2, 0.25) is 0 Å². The van der Waals surface area contributed by atoms with Gasteiger partial charge in [-0.25, -0.2) is 4.98 Å². The van der Waals surface area contributed by atoms with Crippen LogP contribution >= 0.6 is 0 Å². The fourth-order valence-electron chi connectivity index (χ4n) is 3.62. The number of aryl methyl sites for hydroxylation is 1. The summed E-state index contributed by atoms with van der Waals surface area (Å²) in [6.45, 7) is 4.08. The Balaban J connectivity index is 1.62. The van der Waals surface area contributed by atoms with Gasteiger partial charge in [-0.1, -0.05) is 12.1 Å². The number of halogens is 3. The first kappa shape index (κ1) is 19.9. The first-order valence-corrected chi connectivity index (χ1v) is 9.37. The van der Waals surface area contributed by atoms with E-state index < -0.39 is 11.7 Å². The van der Waals surface area contributed by atoms with Gasteiger partial charge in [-0.05, 0) is 43.7 Å².